The normalized spacial score (nSPS) is 20.7. The highest BCUT2D eigenvalue weighted by atomic mass is 16.5. The van der Waals surface area contributed by atoms with E-state index in [-0.39, 0.29) is 17.8 Å². The molecule has 0 spiro atoms. The van der Waals surface area contributed by atoms with Crippen molar-refractivity contribution in [3.05, 3.63) is 30.1 Å². The molecule has 1 amide bonds. The van der Waals surface area contributed by atoms with Gasteiger partial charge in [0.25, 0.3) is 17.6 Å². The van der Waals surface area contributed by atoms with Crippen LogP contribution >= 0.6 is 0 Å². The minimum absolute atomic E-state index is 0.0762. The topological polar surface area (TPSA) is 94.5 Å². The van der Waals surface area contributed by atoms with Crippen LogP contribution in [-0.4, -0.2) is 47.2 Å². The Morgan fingerprint density at radius 2 is 2.35 bits per heavy atom. The van der Waals surface area contributed by atoms with Crippen LogP contribution in [-0.2, 0) is 0 Å². The quantitative estimate of drug-likeness (QED) is 0.919. The Hall–Kier alpha value is -2.41. The fourth-order valence-corrected chi connectivity index (χ4v) is 2.91. The summed E-state index contributed by atoms with van der Waals surface area (Å²) >= 11 is 0. The smallest absolute Gasteiger partial charge is 0.295 e. The molecule has 122 valence electrons. The van der Waals surface area contributed by atoms with E-state index < -0.39 is 0 Å². The van der Waals surface area contributed by atoms with Crippen molar-refractivity contribution in [2.45, 2.75) is 19.4 Å². The third kappa shape index (κ3) is 3.05. The van der Waals surface area contributed by atoms with Crippen molar-refractivity contribution in [3.8, 4) is 17.2 Å². The molecular formula is C16H20N4O3. The molecule has 1 aliphatic heterocycles. The van der Waals surface area contributed by atoms with Crippen LogP contribution in [0.3, 0.4) is 0 Å². The standard InChI is InChI=1S/C16H20N4O3/c1-10-6-11(8-17)9-20(10)16(21)14-18-15(23-19-14)12-4-3-5-13(7-12)22-2/h3-5,7,10-11H,6,8-9,17H2,1-2H3. The van der Waals surface area contributed by atoms with Crippen LogP contribution in [0, 0.1) is 5.92 Å². The Balaban J connectivity index is 1.80. The summed E-state index contributed by atoms with van der Waals surface area (Å²) in [6.07, 6.45) is 0.906. The van der Waals surface area contributed by atoms with Gasteiger partial charge in [0.05, 0.1) is 7.11 Å². The molecule has 0 radical (unpaired) electrons. The third-order valence-electron chi connectivity index (χ3n) is 4.19. The van der Waals surface area contributed by atoms with Crippen molar-refractivity contribution in [1.29, 1.82) is 0 Å². The summed E-state index contributed by atoms with van der Waals surface area (Å²) in [4.78, 5) is 18.6. The van der Waals surface area contributed by atoms with Crippen molar-refractivity contribution in [2.24, 2.45) is 11.7 Å². The van der Waals surface area contributed by atoms with Crippen LogP contribution < -0.4 is 10.5 Å². The second-order valence-electron chi connectivity index (χ2n) is 5.80. The Morgan fingerprint density at radius 3 is 3.04 bits per heavy atom. The zero-order valence-corrected chi connectivity index (χ0v) is 13.2. The van der Waals surface area contributed by atoms with E-state index in [0.29, 0.717) is 36.2 Å². The van der Waals surface area contributed by atoms with Gasteiger partial charge < -0.3 is 19.9 Å². The number of carbonyl (C=O) groups excluding carboxylic acids is 1. The maximum Gasteiger partial charge on any atom is 0.295 e. The maximum atomic E-state index is 12.6. The zero-order valence-electron chi connectivity index (χ0n) is 13.2. The van der Waals surface area contributed by atoms with Gasteiger partial charge in [-0.05, 0) is 44.0 Å². The van der Waals surface area contributed by atoms with Crippen molar-refractivity contribution < 1.29 is 14.1 Å². The highest BCUT2D eigenvalue weighted by Crippen LogP contribution is 2.25. The number of amides is 1. The zero-order chi connectivity index (χ0) is 16.4. The number of ether oxygens (including phenoxy) is 1. The van der Waals surface area contributed by atoms with E-state index in [1.807, 2.05) is 25.1 Å². The number of likely N-dealkylation sites (tertiary alicyclic amines) is 1. The summed E-state index contributed by atoms with van der Waals surface area (Å²) in [6.45, 7) is 3.23. The minimum atomic E-state index is -0.216. The molecule has 2 N–H and O–H groups in total. The average Bonchev–Trinajstić information content (AvgIpc) is 3.21. The molecule has 1 fully saturated rings. The predicted molar refractivity (Wildman–Crippen MR) is 83.9 cm³/mol. The average molecular weight is 316 g/mol. The van der Waals surface area contributed by atoms with Gasteiger partial charge in [-0.15, -0.1) is 0 Å². The highest BCUT2D eigenvalue weighted by molar-refractivity contribution is 5.91. The van der Waals surface area contributed by atoms with Crippen LogP contribution in [0.2, 0.25) is 0 Å². The number of nitrogens with zero attached hydrogens (tertiary/aromatic N) is 3. The van der Waals surface area contributed by atoms with Gasteiger partial charge in [-0.2, -0.15) is 4.98 Å². The lowest BCUT2D eigenvalue weighted by molar-refractivity contribution is 0.0727. The van der Waals surface area contributed by atoms with E-state index >= 15 is 0 Å². The molecule has 1 saturated heterocycles. The van der Waals surface area contributed by atoms with Crippen LogP contribution in [0.1, 0.15) is 24.0 Å². The molecule has 2 atom stereocenters. The van der Waals surface area contributed by atoms with Gasteiger partial charge in [-0.25, -0.2) is 0 Å². The highest BCUT2D eigenvalue weighted by Gasteiger charge is 2.34. The SMILES string of the molecule is COc1cccc(-c2nc(C(=O)N3CC(CN)CC3C)no2)c1. The number of hydrogen-bond acceptors (Lipinski definition) is 6. The van der Waals surface area contributed by atoms with Gasteiger partial charge in [0.2, 0.25) is 0 Å². The first-order chi connectivity index (χ1) is 11.1. The fraction of sp³-hybridized carbons (Fsp3) is 0.438. The van der Waals surface area contributed by atoms with Crippen LogP contribution in [0.5, 0.6) is 5.75 Å². The number of benzene rings is 1. The third-order valence-corrected chi connectivity index (χ3v) is 4.19. The summed E-state index contributed by atoms with van der Waals surface area (Å²) < 4.78 is 10.4. The minimum Gasteiger partial charge on any atom is -0.497 e. The summed E-state index contributed by atoms with van der Waals surface area (Å²) in [7, 11) is 1.59. The summed E-state index contributed by atoms with van der Waals surface area (Å²) in [5.74, 6) is 1.18. The van der Waals surface area contributed by atoms with E-state index in [1.165, 1.54) is 0 Å². The Bertz CT molecular complexity index is 700. The lowest BCUT2D eigenvalue weighted by Crippen LogP contribution is -2.35. The molecule has 7 nitrogen and oxygen atoms in total. The molecule has 2 heterocycles. The van der Waals surface area contributed by atoms with Crippen molar-refractivity contribution in [2.75, 3.05) is 20.2 Å². The van der Waals surface area contributed by atoms with Crippen LogP contribution in [0.4, 0.5) is 0 Å². The van der Waals surface area contributed by atoms with E-state index in [1.54, 1.807) is 18.1 Å². The van der Waals surface area contributed by atoms with Crippen LogP contribution in [0.15, 0.2) is 28.8 Å². The second kappa shape index (κ2) is 6.37. The number of nitrogens with two attached hydrogens (primary N) is 1. The Labute approximate surface area is 134 Å². The van der Waals surface area contributed by atoms with E-state index in [4.69, 9.17) is 15.0 Å². The molecule has 1 aromatic carbocycles. The molecule has 2 unspecified atom stereocenters. The summed E-state index contributed by atoms with van der Waals surface area (Å²) in [5.41, 5.74) is 6.42. The molecule has 0 aliphatic carbocycles. The van der Waals surface area contributed by atoms with E-state index in [9.17, 15) is 4.79 Å². The van der Waals surface area contributed by atoms with Crippen molar-refractivity contribution in [3.63, 3.8) is 0 Å². The van der Waals surface area contributed by atoms with Crippen molar-refractivity contribution in [1.82, 2.24) is 15.0 Å². The van der Waals surface area contributed by atoms with E-state index in [2.05, 4.69) is 10.1 Å². The van der Waals surface area contributed by atoms with Gasteiger partial charge in [0.15, 0.2) is 0 Å². The Kier molecular flexibility index (Phi) is 4.29. The molecule has 7 heteroatoms. The van der Waals surface area contributed by atoms with Gasteiger partial charge in [-0.1, -0.05) is 11.2 Å². The van der Waals surface area contributed by atoms with Crippen molar-refractivity contribution >= 4 is 5.91 Å². The lowest BCUT2D eigenvalue weighted by Gasteiger charge is -2.19. The molecule has 2 aromatic rings. The monoisotopic (exact) mass is 316 g/mol. The molecule has 1 aromatic heterocycles. The number of rotatable bonds is 4. The number of aromatic nitrogens is 2. The van der Waals surface area contributed by atoms with Gasteiger partial charge >= 0.3 is 0 Å². The number of methoxy groups -OCH3 is 1. The summed E-state index contributed by atoms with van der Waals surface area (Å²) in [5, 5.41) is 3.83. The first kappa shape index (κ1) is 15.5. The second-order valence-corrected chi connectivity index (χ2v) is 5.80. The number of carbonyl (C=O) groups is 1. The van der Waals surface area contributed by atoms with Gasteiger partial charge in [0.1, 0.15) is 5.75 Å². The maximum absolute atomic E-state index is 12.6. The molecule has 0 saturated carbocycles. The predicted octanol–water partition coefficient (Wildman–Crippen LogP) is 1.55. The number of hydrogen-bond donors (Lipinski definition) is 1. The molecule has 3 rings (SSSR count). The van der Waals surface area contributed by atoms with Gasteiger partial charge in [-0.3, -0.25) is 4.79 Å². The van der Waals surface area contributed by atoms with Crippen LogP contribution in [0.25, 0.3) is 11.5 Å². The molecular weight excluding hydrogens is 296 g/mol. The van der Waals surface area contributed by atoms with E-state index in [0.717, 1.165) is 6.42 Å². The largest absolute Gasteiger partial charge is 0.497 e. The molecule has 0 bridgehead atoms. The van der Waals surface area contributed by atoms with Gasteiger partial charge in [0, 0.05) is 18.2 Å². The lowest BCUT2D eigenvalue weighted by atomic mass is 10.1. The molecule has 1 aliphatic rings. The Morgan fingerprint density at radius 1 is 1.52 bits per heavy atom. The first-order valence-electron chi connectivity index (χ1n) is 7.61. The fourth-order valence-electron chi connectivity index (χ4n) is 2.91. The molecule has 23 heavy (non-hydrogen) atoms. The first-order valence-corrected chi connectivity index (χ1v) is 7.61. The summed E-state index contributed by atoms with van der Waals surface area (Å²) in [6, 6.07) is 7.39.